The molecule has 104 valence electrons. The van der Waals surface area contributed by atoms with Crippen LogP contribution in [0.4, 0.5) is 0 Å². The van der Waals surface area contributed by atoms with Gasteiger partial charge < -0.3 is 0 Å². The predicted octanol–water partition coefficient (Wildman–Crippen LogP) is 4.52. The summed E-state index contributed by atoms with van der Waals surface area (Å²) in [6.07, 6.45) is 9.11. The van der Waals surface area contributed by atoms with Gasteiger partial charge in [0, 0.05) is 11.0 Å². The maximum absolute atomic E-state index is 13.2. The number of aryl methyl sites for hydroxylation is 1. The van der Waals surface area contributed by atoms with Crippen molar-refractivity contribution in [1.29, 1.82) is 0 Å². The van der Waals surface area contributed by atoms with Gasteiger partial charge in [0.25, 0.3) is 0 Å². The molecule has 1 fully saturated rings. The molecule has 2 bridgehead atoms. The van der Waals surface area contributed by atoms with Crippen molar-refractivity contribution in [2.24, 2.45) is 17.3 Å². The molecule has 1 aromatic carbocycles. The first kappa shape index (κ1) is 12.4. The van der Waals surface area contributed by atoms with E-state index in [-0.39, 0.29) is 5.41 Å². The van der Waals surface area contributed by atoms with Crippen LogP contribution in [-0.2, 0) is 6.42 Å². The van der Waals surface area contributed by atoms with Gasteiger partial charge in [-0.15, -0.1) is 0 Å². The van der Waals surface area contributed by atoms with E-state index in [0.717, 1.165) is 24.8 Å². The zero-order valence-corrected chi connectivity index (χ0v) is 12.4. The standard InChI is InChI=1S/C19H22O/c1-12(2)15-5-4-14-7-8-19(18(20)17(14)10-15)11-13-3-6-16(19)9-13/h3-6,10,12-13,16H,7-9,11H2,1-2H3. The molecule has 0 heterocycles. The summed E-state index contributed by atoms with van der Waals surface area (Å²) in [7, 11) is 0. The molecule has 0 saturated heterocycles. The second kappa shape index (κ2) is 4.07. The average molecular weight is 266 g/mol. The summed E-state index contributed by atoms with van der Waals surface area (Å²) in [6.45, 7) is 4.40. The number of allylic oxidation sites excluding steroid dienone is 2. The monoisotopic (exact) mass is 266 g/mol. The van der Waals surface area contributed by atoms with E-state index in [1.807, 2.05) is 0 Å². The van der Waals surface area contributed by atoms with E-state index in [9.17, 15) is 4.79 Å². The second-order valence-electron chi connectivity index (χ2n) is 7.25. The van der Waals surface area contributed by atoms with Crippen LogP contribution in [0, 0.1) is 17.3 Å². The van der Waals surface area contributed by atoms with Crippen LogP contribution < -0.4 is 0 Å². The molecule has 20 heavy (non-hydrogen) atoms. The SMILES string of the molecule is CC(C)c1ccc2c(c1)C(=O)C1(CC2)CC2C=CC1C2. The van der Waals surface area contributed by atoms with Crippen molar-refractivity contribution < 1.29 is 4.79 Å². The molecule has 0 radical (unpaired) electrons. The number of carbonyl (C=O) groups excluding carboxylic acids is 1. The third-order valence-electron chi connectivity index (χ3n) is 5.85. The van der Waals surface area contributed by atoms with Crippen LogP contribution in [0.3, 0.4) is 0 Å². The highest BCUT2D eigenvalue weighted by Crippen LogP contribution is 2.57. The lowest BCUT2D eigenvalue weighted by atomic mass is 9.63. The smallest absolute Gasteiger partial charge is 0.169 e. The summed E-state index contributed by atoms with van der Waals surface area (Å²) in [6, 6.07) is 6.58. The fraction of sp³-hybridized carbons (Fsp3) is 0.526. The minimum Gasteiger partial charge on any atom is -0.294 e. The Balaban J connectivity index is 1.79. The third-order valence-corrected chi connectivity index (χ3v) is 5.85. The lowest BCUT2D eigenvalue weighted by Crippen LogP contribution is -2.39. The Morgan fingerprint density at radius 1 is 1.25 bits per heavy atom. The number of ketones is 1. The van der Waals surface area contributed by atoms with E-state index in [2.05, 4.69) is 44.2 Å². The quantitative estimate of drug-likeness (QED) is 0.683. The highest BCUT2D eigenvalue weighted by Gasteiger charge is 2.54. The molecule has 3 aliphatic carbocycles. The van der Waals surface area contributed by atoms with Gasteiger partial charge in [-0.3, -0.25) is 4.79 Å². The summed E-state index contributed by atoms with van der Waals surface area (Å²) >= 11 is 0. The zero-order valence-electron chi connectivity index (χ0n) is 12.4. The fourth-order valence-electron chi connectivity index (χ4n) is 4.63. The number of Topliss-reactive ketones (excluding diaryl/α,β-unsaturated/α-hetero) is 1. The second-order valence-corrected chi connectivity index (χ2v) is 7.25. The largest absolute Gasteiger partial charge is 0.294 e. The first-order chi connectivity index (χ1) is 9.60. The lowest BCUT2D eigenvalue weighted by Gasteiger charge is -2.38. The highest BCUT2D eigenvalue weighted by atomic mass is 16.1. The van der Waals surface area contributed by atoms with Gasteiger partial charge in [0.15, 0.2) is 5.78 Å². The molecular weight excluding hydrogens is 244 g/mol. The number of hydrogen-bond acceptors (Lipinski definition) is 1. The summed E-state index contributed by atoms with van der Waals surface area (Å²) in [5, 5.41) is 0. The molecule has 1 nitrogen and oxygen atoms in total. The van der Waals surface area contributed by atoms with Gasteiger partial charge in [-0.1, -0.05) is 38.1 Å². The Bertz CT molecular complexity index is 610. The van der Waals surface area contributed by atoms with Crippen molar-refractivity contribution >= 4 is 5.78 Å². The van der Waals surface area contributed by atoms with E-state index < -0.39 is 0 Å². The van der Waals surface area contributed by atoms with Crippen LogP contribution in [0.2, 0.25) is 0 Å². The lowest BCUT2D eigenvalue weighted by molar-refractivity contribution is 0.0702. The van der Waals surface area contributed by atoms with Crippen LogP contribution in [0.1, 0.15) is 60.5 Å². The van der Waals surface area contributed by atoms with Crippen molar-refractivity contribution in [2.75, 3.05) is 0 Å². The number of benzene rings is 1. The minimum absolute atomic E-state index is 0.0536. The van der Waals surface area contributed by atoms with Crippen molar-refractivity contribution in [3.63, 3.8) is 0 Å². The van der Waals surface area contributed by atoms with Gasteiger partial charge in [0.2, 0.25) is 0 Å². The van der Waals surface area contributed by atoms with Crippen LogP contribution >= 0.6 is 0 Å². The first-order valence-corrected chi connectivity index (χ1v) is 7.96. The van der Waals surface area contributed by atoms with Gasteiger partial charge in [0.05, 0.1) is 0 Å². The molecule has 1 saturated carbocycles. The average Bonchev–Trinajstić information content (AvgIpc) is 3.04. The van der Waals surface area contributed by atoms with E-state index in [1.54, 1.807) is 0 Å². The van der Waals surface area contributed by atoms with Crippen molar-refractivity contribution in [1.82, 2.24) is 0 Å². The zero-order chi connectivity index (χ0) is 13.9. The van der Waals surface area contributed by atoms with E-state index >= 15 is 0 Å². The van der Waals surface area contributed by atoms with Gasteiger partial charge in [0.1, 0.15) is 0 Å². The molecule has 0 amide bonds. The third kappa shape index (κ3) is 1.52. The summed E-state index contributed by atoms with van der Waals surface area (Å²) < 4.78 is 0. The van der Waals surface area contributed by atoms with Crippen LogP contribution in [0.5, 0.6) is 0 Å². The van der Waals surface area contributed by atoms with E-state index in [1.165, 1.54) is 17.5 Å². The molecular formula is C19H22O. The van der Waals surface area contributed by atoms with Gasteiger partial charge >= 0.3 is 0 Å². The maximum atomic E-state index is 13.2. The van der Waals surface area contributed by atoms with Gasteiger partial charge in [-0.05, 0) is 60.6 Å². The number of fused-ring (bicyclic) bond motifs is 4. The molecule has 1 heteroatoms. The van der Waals surface area contributed by atoms with Crippen LogP contribution in [0.25, 0.3) is 0 Å². The molecule has 4 rings (SSSR count). The molecule has 3 aliphatic rings. The molecule has 1 aromatic rings. The number of hydrogen-bond donors (Lipinski definition) is 0. The normalized spacial score (nSPS) is 34.2. The summed E-state index contributed by atoms with van der Waals surface area (Å²) in [5.74, 6) is 2.11. The van der Waals surface area contributed by atoms with Crippen molar-refractivity contribution in [3.05, 3.63) is 47.0 Å². The van der Waals surface area contributed by atoms with Gasteiger partial charge in [-0.2, -0.15) is 0 Å². The van der Waals surface area contributed by atoms with Gasteiger partial charge in [-0.25, -0.2) is 0 Å². The highest BCUT2D eigenvalue weighted by molar-refractivity contribution is 6.03. The molecule has 0 N–H and O–H groups in total. The molecule has 0 aliphatic heterocycles. The topological polar surface area (TPSA) is 17.1 Å². The molecule has 3 atom stereocenters. The predicted molar refractivity (Wildman–Crippen MR) is 81.0 cm³/mol. The number of carbonyl (C=O) groups is 1. The van der Waals surface area contributed by atoms with E-state index in [0.29, 0.717) is 23.5 Å². The molecule has 1 spiro atoms. The number of rotatable bonds is 1. The van der Waals surface area contributed by atoms with Crippen LogP contribution in [-0.4, -0.2) is 5.78 Å². The fourth-order valence-corrected chi connectivity index (χ4v) is 4.63. The first-order valence-electron chi connectivity index (χ1n) is 7.96. The molecule has 3 unspecified atom stereocenters. The summed E-state index contributed by atoms with van der Waals surface area (Å²) in [5.41, 5.74) is 3.55. The van der Waals surface area contributed by atoms with E-state index in [4.69, 9.17) is 0 Å². The Kier molecular flexibility index (Phi) is 2.52. The summed E-state index contributed by atoms with van der Waals surface area (Å²) in [4.78, 5) is 13.2. The van der Waals surface area contributed by atoms with Crippen molar-refractivity contribution in [3.8, 4) is 0 Å². The minimum atomic E-state index is -0.0536. The Morgan fingerprint density at radius 2 is 2.10 bits per heavy atom. The molecule has 0 aromatic heterocycles. The van der Waals surface area contributed by atoms with Crippen LogP contribution in [0.15, 0.2) is 30.4 Å². The van der Waals surface area contributed by atoms with Crippen molar-refractivity contribution in [2.45, 2.75) is 45.4 Å². The Labute approximate surface area is 121 Å². The maximum Gasteiger partial charge on any atom is 0.169 e. The Morgan fingerprint density at radius 3 is 2.75 bits per heavy atom. The Hall–Kier alpha value is -1.37.